The van der Waals surface area contributed by atoms with Gasteiger partial charge in [0.2, 0.25) is 0 Å². The van der Waals surface area contributed by atoms with Crippen LogP contribution in [0.5, 0.6) is 0 Å². The third-order valence-electron chi connectivity index (χ3n) is 3.35. The Labute approximate surface area is 127 Å². The van der Waals surface area contributed by atoms with E-state index in [9.17, 15) is 13.5 Å². The standard InChI is InChI=1S/C15H26N2O3S/c1-5-21(19,20)15-8-6-13(7-9-15)12(2)16-10-14(18)11-17(3)4/h6-9,12,14,16,18H,5,10-11H2,1-4H3. The lowest BCUT2D eigenvalue weighted by atomic mass is 10.1. The zero-order valence-corrected chi connectivity index (χ0v) is 14.0. The molecule has 6 heteroatoms. The lowest BCUT2D eigenvalue weighted by molar-refractivity contribution is 0.132. The number of hydrogen-bond acceptors (Lipinski definition) is 5. The maximum atomic E-state index is 11.7. The van der Waals surface area contributed by atoms with Crippen LogP contribution in [0.3, 0.4) is 0 Å². The Morgan fingerprint density at radius 3 is 2.29 bits per heavy atom. The molecular weight excluding hydrogens is 288 g/mol. The molecule has 120 valence electrons. The summed E-state index contributed by atoms with van der Waals surface area (Å²) in [6.07, 6.45) is -0.429. The molecule has 0 saturated carbocycles. The van der Waals surface area contributed by atoms with Gasteiger partial charge in [-0.3, -0.25) is 0 Å². The van der Waals surface area contributed by atoms with Crippen LogP contribution in [0.2, 0.25) is 0 Å². The van der Waals surface area contributed by atoms with Crippen LogP contribution >= 0.6 is 0 Å². The lowest BCUT2D eigenvalue weighted by Gasteiger charge is -2.20. The fourth-order valence-corrected chi connectivity index (χ4v) is 2.93. The molecule has 5 nitrogen and oxygen atoms in total. The van der Waals surface area contributed by atoms with Gasteiger partial charge in [-0.25, -0.2) is 8.42 Å². The summed E-state index contributed by atoms with van der Waals surface area (Å²) in [4.78, 5) is 2.29. The van der Waals surface area contributed by atoms with E-state index in [1.54, 1.807) is 19.1 Å². The van der Waals surface area contributed by atoms with E-state index in [0.717, 1.165) is 5.56 Å². The first kappa shape index (κ1) is 18.1. The number of nitrogens with zero attached hydrogens (tertiary/aromatic N) is 1. The van der Waals surface area contributed by atoms with Gasteiger partial charge in [0.05, 0.1) is 16.8 Å². The fraction of sp³-hybridized carbons (Fsp3) is 0.600. The Hall–Kier alpha value is -0.950. The van der Waals surface area contributed by atoms with Crippen LogP contribution in [0.4, 0.5) is 0 Å². The van der Waals surface area contributed by atoms with Gasteiger partial charge in [0.25, 0.3) is 0 Å². The number of rotatable bonds is 8. The van der Waals surface area contributed by atoms with Crippen LogP contribution in [0.1, 0.15) is 25.5 Å². The summed E-state index contributed by atoms with van der Waals surface area (Å²) >= 11 is 0. The number of nitrogens with one attached hydrogen (secondary N) is 1. The van der Waals surface area contributed by atoms with Gasteiger partial charge in [0.15, 0.2) is 9.84 Å². The van der Waals surface area contributed by atoms with Gasteiger partial charge < -0.3 is 15.3 Å². The van der Waals surface area contributed by atoms with E-state index in [1.807, 2.05) is 38.1 Å². The molecule has 0 amide bonds. The number of benzene rings is 1. The largest absolute Gasteiger partial charge is 0.390 e. The second-order valence-electron chi connectivity index (χ2n) is 5.52. The average Bonchev–Trinajstić information content (AvgIpc) is 2.44. The van der Waals surface area contributed by atoms with E-state index in [-0.39, 0.29) is 11.8 Å². The van der Waals surface area contributed by atoms with E-state index < -0.39 is 15.9 Å². The summed E-state index contributed by atoms with van der Waals surface area (Å²) < 4.78 is 23.5. The predicted molar refractivity (Wildman–Crippen MR) is 85.1 cm³/mol. The molecule has 0 aromatic heterocycles. The van der Waals surface area contributed by atoms with Crippen molar-refractivity contribution in [3.05, 3.63) is 29.8 Å². The van der Waals surface area contributed by atoms with Crippen molar-refractivity contribution in [2.75, 3.05) is 32.9 Å². The summed E-state index contributed by atoms with van der Waals surface area (Å²) in [5.41, 5.74) is 1.00. The maximum absolute atomic E-state index is 11.7. The molecule has 0 aliphatic heterocycles. The van der Waals surface area contributed by atoms with E-state index >= 15 is 0 Å². The molecule has 2 atom stereocenters. The van der Waals surface area contributed by atoms with Crippen molar-refractivity contribution in [3.8, 4) is 0 Å². The molecule has 0 radical (unpaired) electrons. The van der Waals surface area contributed by atoms with Crippen molar-refractivity contribution >= 4 is 9.84 Å². The monoisotopic (exact) mass is 314 g/mol. The zero-order chi connectivity index (χ0) is 16.0. The molecule has 2 unspecified atom stereocenters. The molecule has 0 bridgehead atoms. The third-order valence-corrected chi connectivity index (χ3v) is 5.11. The second-order valence-corrected chi connectivity index (χ2v) is 7.80. The normalized spacial score (nSPS) is 15.1. The molecule has 2 N–H and O–H groups in total. The van der Waals surface area contributed by atoms with Gasteiger partial charge in [0, 0.05) is 19.1 Å². The van der Waals surface area contributed by atoms with Crippen molar-refractivity contribution in [3.63, 3.8) is 0 Å². The predicted octanol–water partition coefficient (Wildman–Crippen LogP) is 1.05. The van der Waals surface area contributed by atoms with Gasteiger partial charge in [-0.1, -0.05) is 19.1 Å². The molecule has 1 aromatic carbocycles. The first-order valence-corrected chi connectivity index (χ1v) is 8.80. The molecule has 0 fully saturated rings. The van der Waals surface area contributed by atoms with E-state index in [0.29, 0.717) is 18.0 Å². The minimum absolute atomic E-state index is 0.0557. The summed E-state index contributed by atoms with van der Waals surface area (Å²) in [5.74, 6) is 0.108. The number of aliphatic hydroxyl groups excluding tert-OH is 1. The van der Waals surface area contributed by atoms with E-state index in [4.69, 9.17) is 0 Å². The van der Waals surface area contributed by atoms with E-state index in [1.165, 1.54) is 0 Å². The summed E-state index contributed by atoms with van der Waals surface area (Å²) in [7, 11) is 0.687. The summed E-state index contributed by atoms with van der Waals surface area (Å²) in [5, 5.41) is 13.1. The van der Waals surface area contributed by atoms with Crippen LogP contribution in [0, 0.1) is 0 Å². The second kappa shape index (κ2) is 7.89. The Morgan fingerprint density at radius 2 is 1.81 bits per heavy atom. The maximum Gasteiger partial charge on any atom is 0.178 e. The Morgan fingerprint density at radius 1 is 1.24 bits per heavy atom. The summed E-state index contributed by atoms with van der Waals surface area (Å²) in [6.45, 7) is 4.73. The van der Waals surface area contributed by atoms with Gasteiger partial charge in [-0.05, 0) is 38.7 Å². The molecule has 21 heavy (non-hydrogen) atoms. The molecule has 1 aromatic rings. The van der Waals surface area contributed by atoms with Crippen molar-refractivity contribution < 1.29 is 13.5 Å². The molecule has 0 heterocycles. The zero-order valence-electron chi connectivity index (χ0n) is 13.2. The van der Waals surface area contributed by atoms with Gasteiger partial charge in [-0.15, -0.1) is 0 Å². The highest BCUT2D eigenvalue weighted by molar-refractivity contribution is 7.91. The van der Waals surface area contributed by atoms with Crippen LogP contribution in [0.15, 0.2) is 29.2 Å². The van der Waals surface area contributed by atoms with Crippen molar-refractivity contribution in [1.29, 1.82) is 0 Å². The van der Waals surface area contributed by atoms with Crippen LogP contribution in [0.25, 0.3) is 0 Å². The lowest BCUT2D eigenvalue weighted by Crippen LogP contribution is -2.36. The average molecular weight is 314 g/mol. The van der Waals surface area contributed by atoms with Gasteiger partial charge in [0.1, 0.15) is 0 Å². The molecule has 0 saturated heterocycles. The first-order valence-electron chi connectivity index (χ1n) is 7.15. The van der Waals surface area contributed by atoms with Crippen LogP contribution in [-0.4, -0.2) is 57.5 Å². The quantitative estimate of drug-likeness (QED) is 0.751. The molecule has 1 rings (SSSR count). The molecule has 0 aliphatic rings. The van der Waals surface area contributed by atoms with Crippen molar-refractivity contribution in [1.82, 2.24) is 10.2 Å². The van der Waals surface area contributed by atoms with E-state index in [2.05, 4.69) is 5.32 Å². The number of likely N-dealkylation sites (N-methyl/N-ethyl adjacent to an activating group) is 1. The molecule has 0 aliphatic carbocycles. The summed E-state index contributed by atoms with van der Waals surface area (Å²) in [6, 6.07) is 6.97. The van der Waals surface area contributed by atoms with Crippen LogP contribution < -0.4 is 5.32 Å². The highest BCUT2D eigenvalue weighted by atomic mass is 32.2. The number of hydrogen-bond donors (Lipinski definition) is 2. The van der Waals surface area contributed by atoms with Gasteiger partial charge >= 0.3 is 0 Å². The minimum Gasteiger partial charge on any atom is -0.390 e. The fourth-order valence-electron chi connectivity index (χ4n) is 2.05. The van der Waals surface area contributed by atoms with Crippen molar-refractivity contribution in [2.45, 2.75) is 30.9 Å². The topological polar surface area (TPSA) is 69.6 Å². The third kappa shape index (κ3) is 5.74. The highest BCUT2D eigenvalue weighted by Gasteiger charge is 2.13. The highest BCUT2D eigenvalue weighted by Crippen LogP contribution is 2.17. The molecule has 0 spiro atoms. The number of sulfone groups is 1. The Bertz CT molecular complexity index is 526. The van der Waals surface area contributed by atoms with Crippen molar-refractivity contribution in [2.24, 2.45) is 0 Å². The Kier molecular flexibility index (Phi) is 6.80. The smallest absolute Gasteiger partial charge is 0.178 e. The first-order chi connectivity index (χ1) is 9.76. The minimum atomic E-state index is -3.15. The molecular formula is C15H26N2O3S. The number of aliphatic hydroxyl groups is 1. The SMILES string of the molecule is CCS(=O)(=O)c1ccc(C(C)NCC(O)CN(C)C)cc1. The Balaban J connectivity index is 2.61. The van der Waals surface area contributed by atoms with Crippen LogP contribution in [-0.2, 0) is 9.84 Å². The van der Waals surface area contributed by atoms with Gasteiger partial charge in [-0.2, -0.15) is 0 Å².